The fourth-order valence-electron chi connectivity index (χ4n) is 2.94. The van der Waals surface area contributed by atoms with Crippen LogP contribution in [0.1, 0.15) is 30.3 Å². The van der Waals surface area contributed by atoms with Crippen molar-refractivity contribution in [3.63, 3.8) is 0 Å². The summed E-state index contributed by atoms with van der Waals surface area (Å²) in [5, 5.41) is 2.90. The van der Waals surface area contributed by atoms with E-state index in [2.05, 4.69) is 5.32 Å². The predicted molar refractivity (Wildman–Crippen MR) is 93.2 cm³/mol. The van der Waals surface area contributed by atoms with Crippen LogP contribution in [0.5, 0.6) is 0 Å². The molecule has 2 amide bonds. The second-order valence-corrected chi connectivity index (χ2v) is 6.08. The molecule has 3 rings (SSSR count). The maximum atomic E-state index is 13.8. The smallest absolute Gasteiger partial charge is 0.409 e. The lowest BCUT2D eigenvalue weighted by atomic mass is 10.1. The van der Waals surface area contributed by atoms with Crippen LogP contribution >= 0.6 is 0 Å². The summed E-state index contributed by atoms with van der Waals surface area (Å²) in [6.45, 7) is 3.17. The number of nitrogens with one attached hydrogen (secondary N) is 1. The van der Waals surface area contributed by atoms with Gasteiger partial charge in [0, 0.05) is 19.1 Å². The molecule has 1 fully saturated rings. The number of rotatable bonds is 4. The molecule has 26 heavy (non-hydrogen) atoms. The second-order valence-electron chi connectivity index (χ2n) is 6.08. The highest BCUT2D eigenvalue weighted by molar-refractivity contribution is 5.92. The van der Waals surface area contributed by atoms with Gasteiger partial charge in [0.15, 0.2) is 5.76 Å². The number of carbonyl (C=O) groups is 2. The molecule has 1 aromatic carbocycles. The van der Waals surface area contributed by atoms with Crippen LogP contribution in [-0.4, -0.2) is 42.6 Å². The average molecular weight is 360 g/mol. The van der Waals surface area contributed by atoms with Crippen molar-refractivity contribution in [1.29, 1.82) is 0 Å². The molecule has 1 aliphatic rings. The standard InChI is InChI=1S/C19H21FN2O4/c1-2-25-19(24)22-11-9-13(10-12-22)21-18(23)17-8-7-16(26-17)14-5-3-4-6-15(14)20/h3-8,13H,2,9-12H2,1H3,(H,21,23). The van der Waals surface area contributed by atoms with E-state index in [0.29, 0.717) is 43.9 Å². The number of amides is 2. The minimum atomic E-state index is -0.403. The van der Waals surface area contributed by atoms with Gasteiger partial charge in [0.25, 0.3) is 5.91 Å². The zero-order chi connectivity index (χ0) is 18.5. The van der Waals surface area contributed by atoms with Gasteiger partial charge in [-0.15, -0.1) is 0 Å². The third kappa shape index (κ3) is 4.04. The van der Waals surface area contributed by atoms with Crippen LogP contribution in [-0.2, 0) is 4.74 Å². The van der Waals surface area contributed by atoms with E-state index in [-0.39, 0.29) is 23.8 Å². The zero-order valence-electron chi connectivity index (χ0n) is 14.5. The van der Waals surface area contributed by atoms with Crippen molar-refractivity contribution in [2.45, 2.75) is 25.8 Å². The van der Waals surface area contributed by atoms with E-state index in [1.807, 2.05) is 0 Å². The number of hydrogen-bond donors (Lipinski definition) is 1. The number of piperidine rings is 1. The minimum Gasteiger partial charge on any atom is -0.451 e. The van der Waals surface area contributed by atoms with Crippen LogP contribution in [0.25, 0.3) is 11.3 Å². The average Bonchev–Trinajstić information content (AvgIpc) is 3.13. The molecule has 0 spiro atoms. The van der Waals surface area contributed by atoms with Gasteiger partial charge in [-0.05, 0) is 44.0 Å². The van der Waals surface area contributed by atoms with Crippen molar-refractivity contribution >= 4 is 12.0 Å². The van der Waals surface area contributed by atoms with E-state index >= 15 is 0 Å². The summed E-state index contributed by atoms with van der Waals surface area (Å²) in [7, 11) is 0. The first kappa shape index (κ1) is 18.0. The monoisotopic (exact) mass is 360 g/mol. The molecule has 1 saturated heterocycles. The highest BCUT2D eigenvalue weighted by Gasteiger charge is 2.25. The first-order chi connectivity index (χ1) is 12.6. The molecule has 1 N–H and O–H groups in total. The lowest BCUT2D eigenvalue weighted by molar-refractivity contribution is 0.0841. The summed E-state index contributed by atoms with van der Waals surface area (Å²) in [6, 6.07) is 9.31. The Labute approximate surface area is 150 Å². The maximum absolute atomic E-state index is 13.8. The fraction of sp³-hybridized carbons (Fsp3) is 0.368. The Morgan fingerprint density at radius 1 is 1.23 bits per heavy atom. The van der Waals surface area contributed by atoms with Crippen molar-refractivity contribution < 1.29 is 23.1 Å². The highest BCUT2D eigenvalue weighted by Crippen LogP contribution is 2.25. The minimum absolute atomic E-state index is 0.0461. The quantitative estimate of drug-likeness (QED) is 0.907. The summed E-state index contributed by atoms with van der Waals surface area (Å²) in [6.07, 6.45) is 0.967. The molecule has 138 valence electrons. The van der Waals surface area contributed by atoms with Gasteiger partial charge in [-0.1, -0.05) is 12.1 Å². The number of nitrogens with zero attached hydrogens (tertiary/aromatic N) is 1. The zero-order valence-corrected chi connectivity index (χ0v) is 14.5. The number of likely N-dealkylation sites (tertiary alicyclic amines) is 1. The summed E-state index contributed by atoms with van der Waals surface area (Å²) in [5.41, 5.74) is 0.314. The Morgan fingerprint density at radius 2 is 1.96 bits per heavy atom. The van der Waals surface area contributed by atoms with Crippen LogP contribution in [0.2, 0.25) is 0 Å². The number of furan rings is 1. The Morgan fingerprint density at radius 3 is 2.65 bits per heavy atom. The lowest BCUT2D eigenvalue weighted by Crippen LogP contribution is -2.46. The molecule has 0 bridgehead atoms. The second kappa shape index (κ2) is 8.03. The van der Waals surface area contributed by atoms with Crippen LogP contribution in [0.3, 0.4) is 0 Å². The van der Waals surface area contributed by atoms with E-state index in [0.717, 1.165) is 0 Å². The molecule has 0 radical (unpaired) electrons. The summed E-state index contributed by atoms with van der Waals surface area (Å²) >= 11 is 0. The van der Waals surface area contributed by atoms with Crippen LogP contribution < -0.4 is 5.32 Å². The topological polar surface area (TPSA) is 71.8 Å². The molecule has 0 aliphatic carbocycles. The van der Waals surface area contributed by atoms with Crippen molar-refractivity contribution in [1.82, 2.24) is 10.2 Å². The number of carbonyl (C=O) groups excluding carboxylic acids is 2. The molecule has 0 unspecified atom stereocenters. The molecule has 0 atom stereocenters. The highest BCUT2D eigenvalue weighted by atomic mass is 19.1. The molecule has 1 aromatic heterocycles. The number of benzene rings is 1. The number of halogens is 1. The van der Waals surface area contributed by atoms with Gasteiger partial charge in [-0.2, -0.15) is 0 Å². The Bertz CT molecular complexity index is 781. The van der Waals surface area contributed by atoms with E-state index < -0.39 is 5.82 Å². The lowest BCUT2D eigenvalue weighted by Gasteiger charge is -2.31. The normalized spacial score (nSPS) is 14.9. The van der Waals surface area contributed by atoms with E-state index in [4.69, 9.17) is 9.15 Å². The fourth-order valence-corrected chi connectivity index (χ4v) is 2.94. The third-order valence-corrected chi connectivity index (χ3v) is 4.33. The van der Waals surface area contributed by atoms with Gasteiger partial charge in [-0.3, -0.25) is 4.79 Å². The van der Waals surface area contributed by atoms with Crippen LogP contribution in [0, 0.1) is 5.82 Å². The summed E-state index contributed by atoms with van der Waals surface area (Å²) in [5.74, 6) is -0.302. The summed E-state index contributed by atoms with van der Waals surface area (Å²) < 4.78 is 24.3. The Kier molecular flexibility index (Phi) is 5.55. The third-order valence-electron chi connectivity index (χ3n) is 4.33. The SMILES string of the molecule is CCOC(=O)N1CCC(NC(=O)c2ccc(-c3ccccc3F)o2)CC1. The van der Waals surface area contributed by atoms with Crippen LogP contribution in [0.4, 0.5) is 9.18 Å². The van der Waals surface area contributed by atoms with Crippen molar-refractivity contribution in [3.8, 4) is 11.3 Å². The Balaban J connectivity index is 1.57. The molecular formula is C19H21FN2O4. The molecule has 2 aromatic rings. The summed E-state index contributed by atoms with van der Waals surface area (Å²) in [4.78, 5) is 25.7. The molecule has 2 heterocycles. The molecule has 6 nitrogen and oxygen atoms in total. The van der Waals surface area contributed by atoms with Gasteiger partial charge >= 0.3 is 6.09 Å². The van der Waals surface area contributed by atoms with Gasteiger partial charge in [0.2, 0.25) is 0 Å². The number of hydrogen-bond acceptors (Lipinski definition) is 4. The van der Waals surface area contributed by atoms with Crippen molar-refractivity contribution in [2.75, 3.05) is 19.7 Å². The van der Waals surface area contributed by atoms with E-state index in [1.165, 1.54) is 12.1 Å². The predicted octanol–water partition coefficient (Wildman–Crippen LogP) is 3.44. The maximum Gasteiger partial charge on any atom is 0.409 e. The van der Waals surface area contributed by atoms with Crippen molar-refractivity contribution in [3.05, 3.63) is 48.0 Å². The van der Waals surface area contributed by atoms with Gasteiger partial charge in [0.1, 0.15) is 11.6 Å². The Hall–Kier alpha value is -2.83. The van der Waals surface area contributed by atoms with E-state index in [1.54, 1.807) is 36.1 Å². The first-order valence-electron chi connectivity index (χ1n) is 8.65. The molecular weight excluding hydrogens is 339 g/mol. The largest absolute Gasteiger partial charge is 0.451 e. The number of ether oxygens (including phenoxy) is 1. The first-order valence-corrected chi connectivity index (χ1v) is 8.65. The molecule has 7 heteroatoms. The van der Waals surface area contributed by atoms with Crippen molar-refractivity contribution in [2.24, 2.45) is 0 Å². The van der Waals surface area contributed by atoms with Gasteiger partial charge in [-0.25, -0.2) is 9.18 Å². The molecule has 1 aliphatic heterocycles. The van der Waals surface area contributed by atoms with E-state index in [9.17, 15) is 14.0 Å². The van der Waals surface area contributed by atoms with Gasteiger partial charge in [0.05, 0.1) is 12.2 Å². The van der Waals surface area contributed by atoms with Gasteiger partial charge < -0.3 is 19.4 Å². The molecule has 0 saturated carbocycles. The van der Waals surface area contributed by atoms with Crippen LogP contribution in [0.15, 0.2) is 40.8 Å².